The molecule has 0 saturated carbocycles. The van der Waals surface area contributed by atoms with Crippen molar-refractivity contribution in [2.45, 2.75) is 142 Å². The normalized spacial score (nSPS) is 15.2. The molecule has 0 bridgehead atoms. The van der Waals surface area contributed by atoms with E-state index in [1.165, 1.54) is 34.3 Å². The molecule has 5 amide bonds. The zero-order chi connectivity index (χ0) is 56.2. The molecular formula is C55H79N8O12S+. The fourth-order valence-corrected chi connectivity index (χ4v) is 9.60. The number of phenols is 2. The first kappa shape index (κ1) is 61.9. The molecule has 1 aromatic heterocycles. The minimum Gasteiger partial charge on any atom is -0.504 e. The summed E-state index contributed by atoms with van der Waals surface area (Å²) in [6, 6.07) is 16.9. The molecule has 21 heteroatoms. The molecule has 20 nitrogen and oxygen atoms in total. The lowest BCUT2D eigenvalue weighted by Gasteiger charge is -2.36. The van der Waals surface area contributed by atoms with Crippen LogP contribution in [-0.2, 0) is 35.3 Å². The number of nitrogens with two attached hydrogens (primary N) is 1. The van der Waals surface area contributed by atoms with Gasteiger partial charge in [0.1, 0.15) is 23.8 Å². The van der Waals surface area contributed by atoms with Gasteiger partial charge in [0, 0.05) is 67.9 Å². The summed E-state index contributed by atoms with van der Waals surface area (Å²) in [6.07, 6.45) is 6.81. The van der Waals surface area contributed by atoms with Crippen molar-refractivity contribution in [3.05, 3.63) is 84.3 Å². The number of nitrogens with zero attached hydrogens (tertiary/aromatic N) is 3. The van der Waals surface area contributed by atoms with Crippen molar-refractivity contribution in [2.75, 3.05) is 44.4 Å². The van der Waals surface area contributed by atoms with Crippen molar-refractivity contribution in [1.82, 2.24) is 30.8 Å². The third kappa shape index (κ3) is 19.2. The molecule has 4 aromatic rings. The van der Waals surface area contributed by atoms with Crippen LogP contribution in [0.3, 0.4) is 0 Å². The lowest BCUT2D eigenvalue weighted by Crippen LogP contribution is -2.48. The number of carbonyl (C=O) groups is 6. The Morgan fingerprint density at radius 1 is 0.947 bits per heavy atom. The highest BCUT2D eigenvalue weighted by atomic mass is 32.2. The molecule has 1 aliphatic rings. The highest BCUT2D eigenvalue weighted by Crippen LogP contribution is 2.41. The molecule has 1 aliphatic heterocycles. The number of fused-ring (bicyclic) bond motifs is 1. The predicted octanol–water partition coefficient (Wildman–Crippen LogP) is 7.70. The van der Waals surface area contributed by atoms with Crippen LogP contribution < -0.4 is 31.3 Å². The maximum absolute atomic E-state index is 13.3. The number of esters is 1. The Labute approximate surface area is 450 Å². The van der Waals surface area contributed by atoms with E-state index >= 15 is 0 Å². The second-order valence-electron chi connectivity index (χ2n) is 20.5. The Bertz CT molecular complexity index is 2590. The summed E-state index contributed by atoms with van der Waals surface area (Å²) in [7, 11) is 4.15. The lowest BCUT2D eigenvalue weighted by atomic mass is 9.69. The van der Waals surface area contributed by atoms with Crippen LogP contribution in [0.2, 0.25) is 0 Å². The van der Waals surface area contributed by atoms with E-state index in [0.717, 1.165) is 37.4 Å². The van der Waals surface area contributed by atoms with Crippen LogP contribution in [0.15, 0.2) is 82.5 Å². The first-order valence-corrected chi connectivity index (χ1v) is 26.6. The number of aromatic hydroxyl groups is 2. The topological polar surface area (TPSA) is 288 Å². The zero-order valence-electron chi connectivity index (χ0n) is 45.1. The number of hydrogen-bond acceptors (Lipinski definition) is 15. The van der Waals surface area contributed by atoms with Crippen molar-refractivity contribution >= 4 is 69.6 Å². The quantitative estimate of drug-likeness (QED) is 0.00354. The Hall–Kier alpha value is -6.68. The summed E-state index contributed by atoms with van der Waals surface area (Å²) in [4.78, 5) is 80.3. The number of hydrogen-bond donors (Lipinski definition) is 9. The van der Waals surface area contributed by atoms with Crippen LogP contribution >= 0.6 is 11.9 Å². The number of hydroxylamine groups is 4. The minimum absolute atomic E-state index is 0.0000356. The number of benzene rings is 3. The fourth-order valence-electron chi connectivity index (χ4n) is 8.77. The second-order valence-corrected chi connectivity index (χ2v) is 21.5. The number of anilines is 2. The molecule has 10 N–H and O–H groups in total. The average Bonchev–Trinajstić information content (AvgIpc) is 3.53. The van der Waals surface area contributed by atoms with Crippen LogP contribution in [-0.4, -0.2) is 118 Å². The van der Waals surface area contributed by atoms with Gasteiger partial charge in [0.25, 0.3) is 11.8 Å². The van der Waals surface area contributed by atoms with Crippen molar-refractivity contribution in [3.63, 3.8) is 0 Å². The van der Waals surface area contributed by atoms with E-state index in [0.29, 0.717) is 29.4 Å². The van der Waals surface area contributed by atoms with Gasteiger partial charge in [-0.3, -0.25) is 39.1 Å². The highest BCUT2D eigenvalue weighted by Gasteiger charge is 2.34. The van der Waals surface area contributed by atoms with Gasteiger partial charge in [-0.25, -0.2) is 19.3 Å². The molecule has 416 valence electrons. The summed E-state index contributed by atoms with van der Waals surface area (Å²) in [6.45, 7) is 12.1. The SMILES string of the molecule is CCC(C)(C)CC(C)(CC)CC(=O)N(O)CCCCC(NC(=O)CNC(=O)c1c(N)ccc(O)c1O)C(=O)OC(C)CC(=O)NC1CCCCN(O)C1=O.CN(C)c1cccc2c(SNCc3ccc[o+]c3)cccc12. The molecule has 0 aliphatic carbocycles. The second kappa shape index (κ2) is 29.6. The van der Waals surface area contributed by atoms with Gasteiger partial charge in [0.15, 0.2) is 11.5 Å². The van der Waals surface area contributed by atoms with E-state index < -0.39 is 77.3 Å². The molecule has 5 rings (SSSR count). The summed E-state index contributed by atoms with van der Waals surface area (Å²) in [5.74, 6) is -5.69. The van der Waals surface area contributed by atoms with Gasteiger partial charge in [-0.05, 0) is 110 Å². The van der Waals surface area contributed by atoms with Crippen molar-refractivity contribution in [3.8, 4) is 11.5 Å². The van der Waals surface area contributed by atoms with E-state index in [2.05, 4.69) is 96.8 Å². The maximum Gasteiger partial charge on any atom is 0.328 e. The summed E-state index contributed by atoms with van der Waals surface area (Å²) < 4.78 is 14.1. The van der Waals surface area contributed by atoms with Crippen molar-refractivity contribution in [1.29, 1.82) is 0 Å². The van der Waals surface area contributed by atoms with E-state index in [-0.39, 0.29) is 61.7 Å². The molecular weight excluding hydrogens is 997 g/mol. The van der Waals surface area contributed by atoms with E-state index in [1.807, 2.05) is 26.0 Å². The van der Waals surface area contributed by atoms with E-state index in [9.17, 15) is 49.4 Å². The zero-order valence-corrected chi connectivity index (χ0v) is 46.0. The largest absolute Gasteiger partial charge is 0.504 e. The smallest absolute Gasteiger partial charge is 0.328 e. The standard InChI is InChI=1S/C37H60N6O11.C18H19N2OS/c1-7-36(4,5)22-37(6,8-2)20-30(47)42(52)17-11-10-14-26(41-29(46)21-39-33(49)31-24(38)15-16-27(44)32(31)48)35(51)54-23(3)19-28(45)40-25-13-9-12-18-43(53)34(25)50;1-20(2)17-9-3-8-16-15(17)7-4-10-18(16)22-19-12-14-6-5-11-21-13-14/h15-16,23,25-26,44,48,52-53H,7-14,17-22,38H2,1-6H3,(H,39,49)(H,40,45)(H,41,46);3-11,13,19H,12H2,1-2H3/q;+1. The number of rotatable bonds is 25. The highest BCUT2D eigenvalue weighted by molar-refractivity contribution is 7.97. The molecule has 4 atom stereocenters. The monoisotopic (exact) mass is 1080 g/mol. The molecule has 76 heavy (non-hydrogen) atoms. The third-order valence-electron chi connectivity index (χ3n) is 13.4. The summed E-state index contributed by atoms with van der Waals surface area (Å²) in [5, 5.41) is 51.3. The number of unbranched alkanes of at least 4 members (excludes halogenated alkanes) is 1. The summed E-state index contributed by atoms with van der Waals surface area (Å²) in [5.41, 5.74) is 7.24. The number of nitrogens with one attached hydrogen (secondary N) is 4. The van der Waals surface area contributed by atoms with Crippen molar-refractivity contribution in [2.24, 2.45) is 10.8 Å². The molecule has 0 radical (unpaired) electrons. The number of nitrogen functional groups attached to an aromatic ring is 1. The first-order chi connectivity index (χ1) is 36.0. The minimum atomic E-state index is -1.27. The molecule has 4 unspecified atom stereocenters. The molecule has 3 aromatic carbocycles. The van der Waals surface area contributed by atoms with Crippen LogP contribution in [0.1, 0.15) is 128 Å². The Kier molecular flexibility index (Phi) is 24.1. The molecule has 1 saturated heterocycles. The Morgan fingerprint density at radius 2 is 1.67 bits per heavy atom. The first-order valence-electron chi connectivity index (χ1n) is 25.8. The number of amides is 5. The Morgan fingerprint density at radius 3 is 2.36 bits per heavy atom. The Balaban J connectivity index is 0.000000465. The van der Waals surface area contributed by atoms with Gasteiger partial charge in [0.2, 0.25) is 17.7 Å². The molecule has 1 fully saturated rings. The number of ether oxygens (including phenoxy) is 1. The lowest BCUT2D eigenvalue weighted by molar-refractivity contribution is -0.168. The van der Waals surface area contributed by atoms with Gasteiger partial charge in [-0.1, -0.05) is 71.7 Å². The van der Waals surface area contributed by atoms with Crippen LogP contribution in [0.25, 0.3) is 10.8 Å². The number of phenolic OH excluding ortho intramolecular Hbond substituents is 2. The van der Waals surface area contributed by atoms with Gasteiger partial charge < -0.3 is 41.5 Å². The third-order valence-corrected chi connectivity index (χ3v) is 14.3. The van der Waals surface area contributed by atoms with Crippen molar-refractivity contribution < 1.29 is 58.5 Å². The average molecular weight is 1080 g/mol. The molecule has 2 heterocycles. The number of carbonyl (C=O) groups excluding carboxylic acids is 6. The van der Waals surface area contributed by atoms with Crippen LogP contribution in [0, 0.1) is 10.8 Å². The van der Waals surface area contributed by atoms with Gasteiger partial charge in [-0.15, -0.1) is 0 Å². The van der Waals surface area contributed by atoms with Gasteiger partial charge >= 0.3 is 18.5 Å². The van der Waals surface area contributed by atoms with Crippen LogP contribution in [0.4, 0.5) is 11.4 Å². The maximum atomic E-state index is 13.3. The van der Waals surface area contributed by atoms with E-state index in [1.54, 1.807) is 24.5 Å². The van der Waals surface area contributed by atoms with Crippen LogP contribution in [0.5, 0.6) is 11.5 Å². The van der Waals surface area contributed by atoms with Gasteiger partial charge in [-0.2, -0.15) is 0 Å². The van der Waals surface area contributed by atoms with Gasteiger partial charge in [0.05, 0.1) is 18.5 Å². The van der Waals surface area contributed by atoms with E-state index in [4.69, 9.17) is 14.9 Å². The predicted molar refractivity (Wildman–Crippen MR) is 291 cm³/mol. The summed E-state index contributed by atoms with van der Waals surface area (Å²) >= 11 is 1.65. The fraction of sp³-hybridized carbons (Fsp3) is 0.509. The molecule has 0 spiro atoms.